The van der Waals surface area contributed by atoms with Gasteiger partial charge in [0, 0.05) is 6.42 Å². The van der Waals surface area contributed by atoms with Gasteiger partial charge in [-0.2, -0.15) is 0 Å². The van der Waals surface area contributed by atoms with E-state index in [0.29, 0.717) is 29.6 Å². The Kier molecular flexibility index (Phi) is 8.80. The number of aliphatic hydroxyl groups is 1. The second kappa shape index (κ2) is 11.1. The lowest BCUT2D eigenvalue weighted by Gasteiger charge is -2.15. The fraction of sp³-hybridized carbons (Fsp3) is 0.524. The van der Waals surface area contributed by atoms with Crippen LogP contribution >= 0.6 is 11.6 Å². The van der Waals surface area contributed by atoms with Crippen LogP contribution in [0.1, 0.15) is 63.0 Å². The molecule has 7 heteroatoms. The molecule has 0 aliphatic rings. The summed E-state index contributed by atoms with van der Waals surface area (Å²) < 4.78 is 7.54. The molecule has 2 aromatic rings. The van der Waals surface area contributed by atoms with Crippen molar-refractivity contribution in [2.75, 3.05) is 0 Å². The first-order valence-electron chi connectivity index (χ1n) is 9.83. The number of nitrogens with zero attached hydrogens (tertiary/aromatic N) is 2. The smallest absolute Gasteiger partial charge is 0.344 e. The van der Waals surface area contributed by atoms with Crippen molar-refractivity contribution in [2.24, 2.45) is 0 Å². The normalized spacial score (nSPS) is 12.1. The standard InChI is InChI=1S/C21H29ClN2O4/c1-3-5-7-18(21(26)27)28-16-11-9-15(10-12-16)13-24-19(8-6-4-2)23-17(14-25)20(24)22/h9-12,18,25H,3-8,13-14H2,1-2H3,(H,26,27). The maximum Gasteiger partial charge on any atom is 0.344 e. The van der Waals surface area contributed by atoms with E-state index in [1.54, 1.807) is 12.1 Å². The van der Waals surface area contributed by atoms with Gasteiger partial charge in [-0.3, -0.25) is 0 Å². The van der Waals surface area contributed by atoms with Crippen LogP contribution in [0.3, 0.4) is 0 Å². The summed E-state index contributed by atoms with van der Waals surface area (Å²) >= 11 is 6.39. The highest BCUT2D eigenvalue weighted by Gasteiger charge is 2.19. The number of aryl methyl sites for hydroxylation is 1. The molecule has 0 aliphatic heterocycles. The van der Waals surface area contributed by atoms with E-state index in [-0.39, 0.29) is 6.61 Å². The minimum atomic E-state index is -0.945. The predicted octanol–water partition coefficient (Wildman–Crippen LogP) is 4.44. The third-order valence-corrected chi connectivity index (χ3v) is 5.01. The van der Waals surface area contributed by atoms with E-state index in [9.17, 15) is 15.0 Å². The number of ether oxygens (including phenoxy) is 1. The minimum absolute atomic E-state index is 0.188. The molecule has 0 aliphatic carbocycles. The Morgan fingerprint density at radius 2 is 1.89 bits per heavy atom. The van der Waals surface area contributed by atoms with E-state index in [1.165, 1.54) is 0 Å². The number of hydrogen-bond acceptors (Lipinski definition) is 4. The Morgan fingerprint density at radius 3 is 2.46 bits per heavy atom. The van der Waals surface area contributed by atoms with E-state index < -0.39 is 12.1 Å². The molecule has 2 N–H and O–H groups in total. The molecular weight excluding hydrogens is 380 g/mol. The van der Waals surface area contributed by atoms with Gasteiger partial charge in [-0.15, -0.1) is 0 Å². The van der Waals surface area contributed by atoms with Crippen LogP contribution < -0.4 is 4.74 Å². The first-order valence-corrected chi connectivity index (χ1v) is 10.2. The van der Waals surface area contributed by atoms with Crippen LogP contribution in [0, 0.1) is 0 Å². The van der Waals surface area contributed by atoms with Gasteiger partial charge < -0.3 is 19.5 Å². The molecule has 0 bridgehead atoms. The molecule has 0 saturated heterocycles. The number of imidazole rings is 1. The molecule has 0 spiro atoms. The highest BCUT2D eigenvalue weighted by atomic mass is 35.5. The quantitative estimate of drug-likeness (QED) is 0.542. The van der Waals surface area contributed by atoms with Crippen molar-refractivity contribution >= 4 is 17.6 Å². The van der Waals surface area contributed by atoms with Crippen molar-refractivity contribution in [3.8, 4) is 5.75 Å². The largest absolute Gasteiger partial charge is 0.479 e. The Balaban J connectivity index is 2.11. The number of carboxylic acid groups (broad SMARTS) is 1. The number of halogens is 1. The first-order chi connectivity index (χ1) is 13.5. The first kappa shape index (κ1) is 22.2. The Morgan fingerprint density at radius 1 is 1.21 bits per heavy atom. The van der Waals surface area contributed by atoms with Gasteiger partial charge in [-0.05, 0) is 37.0 Å². The summed E-state index contributed by atoms with van der Waals surface area (Å²) in [6, 6.07) is 7.35. The maximum absolute atomic E-state index is 11.3. The van der Waals surface area contributed by atoms with Crippen molar-refractivity contribution in [1.82, 2.24) is 9.55 Å². The summed E-state index contributed by atoms with van der Waals surface area (Å²) in [5, 5.41) is 19.2. The summed E-state index contributed by atoms with van der Waals surface area (Å²) in [6.07, 6.45) is 4.24. The average molecular weight is 409 g/mol. The number of hydrogen-bond donors (Lipinski definition) is 2. The molecule has 154 valence electrons. The van der Waals surface area contributed by atoms with Gasteiger partial charge in [-0.25, -0.2) is 9.78 Å². The Bertz CT molecular complexity index is 759. The summed E-state index contributed by atoms with van der Waals surface area (Å²) in [4.78, 5) is 15.8. The fourth-order valence-corrected chi connectivity index (χ4v) is 3.22. The number of aliphatic carboxylic acids is 1. The SMILES string of the molecule is CCCCc1nc(CO)c(Cl)n1Cc1ccc(OC(CCCC)C(=O)O)cc1. The molecule has 1 aromatic carbocycles. The average Bonchev–Trinajstić information content (AvgIpc) is 2.99. The lowest BCUT2D eigenvalue weighted by molar-refractivity contribution is -0.145. The third-order valence-electron chi connectivity index (χ3n) is 4.59. The maximum atomic E-state index is 11.3. The summed E-state index contributed by atoms with van der Waals surface area (Å²) in [7, 11) is 0. The third kappa shape index (κ3) is 5.97. The molecule has 6 nitrogen and oxygen atoms in total. The highest BCUT2D eigenvalue weighted by molar-refractivity contribution is 6.30. The van der Waals surface area contributed by atoms with Gasteiger partial charge in [-0.1, -0.05) is 50.4 Å². The predicted molar refractivity (Wildman–Crippen MR) is 109 cm³/mol. The van der Waals surface area contributed by atoms with Gasteiger partial charge in [0.25, 0.3) is 0 Å². The second-order valence-corrected chi connectivity index (χ2v) is 7.20. The van der Waals surface area contributed by atoms with E-state index in [1.807, 2.05) is 23.6 Å². The van der Waals surface area contributed by atoms with Crippen molar-refractivity contribution in [3.05, 3.63) is 46.5 Å². The number of benzene rings is 1. The van der Waals surface area contributed by atoms with Crippen molar-refractivity contribution in [3.63, 3.8) is 0 Å². The van der Waals surface area contributed by atoms with Crippen molar-refractivity contribution in [2.45, 2.75) is 71.6 Å². The zero-order chi connectivity index (χ0) is 20.5. The van der Waals surface area contributed by atoms with Crippen LogP contribution in [0.5, 0.6) is 5.75 Å². The van der Waals surface area contributed by atoms with Gasteiger partial charge in [0.2, 0.25) is 0 Å². The van der Waals surface area contributed by atoms with Gasteiger partial charge >= 0.3 is 5.97 Å². The molecule has 1 aromatic heterocycles. The zero-order valence-corrected chi connectivity index (χ0v) is 17.3. The molecule has 0 radical (unpaired) electrons. The number of unbranched alkanes of at least 4 members (excludes halogenated alkanes) is 2. The number of carbonyl (C=O) groups is 1. The van der Waals surface area contributed by atoms with E-state index in [4.69, 9.17) is 16.3 Å². The van der Waals surface area contributed by atoms with Crippen LogP contribution in [-0.4, -0.2) is 31.8 Å². The monoisotopic (exact) mass is 408 g/mol. The summed E-state index contributed by atoms with van der Waals surface area (Å²) in [5.41, 5.74) is 1.49. The molecule has 1 atom stereocenters. The van der Waals surface area contributed by atoms with E-state index in [0.717, 1.165) is 43.5 Å². The second-order valence-electron chi connectivity index (χ2n) is 6.84. The van der Waals surface area contributed by atoms with Crippen LogP contribution in [0.2, 0.25) is 5.15 Å². The van der Waals surface area contributed by atoms with E-state index >= 15 is 0 Å². The molecule has 1 heterocycles. The zero-order valence-electron chi connectivity index (χ0n) is 16.5. The Labute approximate surface area is 171 Å². The van der Waals surface area contributed by atoms with Crippen LogP contribution in [0.4, 0.5) is 0 Å². The van der Waals surface area contributed by atoms with Crippen LogP contribution in [-0.2, 0) is 24.4 Å². The number of aliphatic hydroxyl groups excluding tert-OH is 1. The molecule has 28 heavy (non-hydrogen) atoms. The number of carboxylic acids is 1. The lowest BCUT2D eigenvalue weighted by atomic mass is 10.1. The Hall–Kier alpha value is -2.05. The van der Waals surface area contributed by atoms with Gasteiger partial charge in [0.05, 0.1) is 13.2 Å². The van der Waals surface area contributed by atoms with Crippen LogP contribution in [0.15, 0.2) is 24.3 Å². The van der Waals surface area contributed by atoms with Crippen molar-refractivity contribution in [1.29, 1.82) is 0 Å². The number of aromatic nitrogens is 2. The minimum Gasteiger partial charge on any atom is -0.479 e. The van der Waals surface area contributed by atoms with Crippen molar-refractivity contribution < 1.29 is 19.7 Å². The van der Waals surface area contributed by atoms with E-state index in [2.05, 4.69) is 11.9 Å². The summed E-state index contributed by atoms with van der Waals surface area (Å²) in [5.74, 6) is 0.452. The molecule has 2 rings (SSSR count). The van der Waals surface area contributed by atoms with Crippen LogP contribution in [0.25, 0.3) is 0 Å². The highest BCUT2D eigenvalue weighted by Crippen LogP contribution is 2.23. The molecule has 0 fully saturated rings. The lowest BCUT2D eigenvalue weighted by Crippen LogP contribution is -2.26. The topological polar surface area (TPSA) is 84.6 Å². The molecule has 0 saturated carbocycles. The number of rotatable bonds is 12. The van der Waals surface area contributed by atoms with Gasteiger partial charge in [0.15, 0.2) is 6.10 Å². The summed E-state index contributed by atoms with van der Waals surface area (Å²) in [6.45, 7) is 4.48. The van der Waals surface area contributed by atoms with Gasteiger partial charge in [0.1, 0.15) is 22.4 Å². The fourth-order valence-electron chi connectivity index (χ4n) is 2.96. The molecular formula is C21H29ClN2O4. The molecule has 0 amide bonds. The molecule has 1 unspecified atom stereocenters.